The fraction of sp³-hybridized carbons (Fsp3) is 0.786. The predicted octanol–water partition coefficient (Wildman–Crippen LogP) is 0.966. The van der Waals surface area contributed by atoms with Gasteiger partial charge in [-0.05, 0) is 26.8 Å². The molecule has 0 heterocycles. The lowest BCUT2D eigenvalue weighted by Gasteiger charge is -2.33. The Balaban J connectivity index is 2.76. The van der Waals surface area contributed by atoms with Gasteiger partial charge < -0.3 is 25.0 Å². The summed E-state index contributed by atoms with van der Waals surface area (Å²) in [5, 5.41) is 22.5. The first-order chi connectivity index (χ1) is 9.21. The van der Waals surface area contributed by atoms with Crippen molar-refractivity contribution in [2.75, 3.05) is 7.05 Å². The molecule has 6 heteroatoms. The van der Waals surface area contributed by atoms with Crippen LogP contribution in [-0.2, 0) is 9.47 Å². The first-order valence-corrected chi connectivity index (χ1v) is 6.82. The highest BCUT2D eigenvalue weighted by atomic mass is 16.6. The molecule has 0 spiro atoms. The molecule has 0 fully saturated rings. The predicted molar refractivity (Wildman–Crippen MR) is 74.3 cm³/mol. The molecule has 116 valence electrons. The Morgan fingerprint density at radius 2 is 1.90 bits per heavy atom. The number of carbonyl (C=O) groups is 1. The number of aliphatic hydroxyl groups excluding tert-OH is 2. The zero-order valence-corrected chi connectivity index (χ0v) is 12.5. The molecule has 4 unspecified atom stereocenters. The van der Waals surface area contributed by atoms with Crippen LogP contribution in [0.4, 0.5) is 4.79 Å². The largest absolute Gasteiger partial charge is 0.442 e. The summed E-state index contributed by atoms with van der Waals surface area (Å²) in [5.74, 6) is 0. The number of hydrogen-bond acceptors (Lipinski definition) is 5. The highest BCUT2D eigenvalue weighted by Crippen LogP contribution is 2.23. The number of amides is 1. The maximum atomic E-state index is 11.2. The molecule has 0 aromatic carbocycles. The normalized spacial score (nSPS) is 32.9. The SMILES string of the molecule is CNC(=O)OC1/C=C/C(O)CC(OC(C)(C)C)C(O)C1. The Kier molecular flexibility index (Phi) is 5.98. The molecule has 0 aromatic heterocycles. The van der Waals surface area contributed by atoms with Gasteiger partial charge in [0.2, 0.25) is 0 Å². The Morgan fingerprint density at radius 1 is 1.25 bits per heavy atom. The van der Waals surface area contributed by atoms with Gasteiger partial charge in [-0.2, -0.15) is 0 Å². The highest BCUT2D eigenvalue weighted by molar-refractivity contribution is 5.67. The number of alkyl carbamates (subject to hydrolysis) is 1. The monoisotopic (exact) mass is 287 g/mol. The van der Waals surface area contributed by atoms with Gasteiger partial charge in [-0.25, -0.2) is 4.79 Å². The summed E-state index contributed by atoms with van der Waals surface area (Å²) in [5.41, 5.74) is -0.425. The van der Waals surface area contributed by atoms with Crippen LogP contribution in [0.5, 0.6) is 0 Å². The molecule has 0 radical (unpaired) electrons. The van der Waals surface area contributed by atoms with E-state index in [1.807, 2.05) is 20.8 Å². The molecule has 0 aliphatic heterocycles. The van der Waals surface area contributed by atoms with Crippen molar-refractivity contribution in [2.45, 2.75) is 63.6 Å². The van der Waals surface area contributed by atoms with Crippen molar-refractivity contribution in [2.24, 2.45) is 0 Å². The van der Waals surface area contributed by atoms with Crippen LogP contribution in [0, 0.1) is 0 Å². The Hall–Kier alpha value is -1.11. The average Bonchev–Trinajstić information content (AvgIpc) is 2.32. The summed E-state index contributed by atoms with van der Waals surface area (Å²) in [6.45, 7) is 5.66. The van der Waals surface area contributed by atoms with Gasteiger partial charge in [0.25, 0.3) is 0 Å². The first-order valence-electron chi connectivity index (χ1n) is 6.82. The minimum absolute atomic E-state index is 0.234. The van der Waals surface area contributed by atoms with Gasteiger partial charge in [0.1, 0.15) is 6.10 Å². The van der Waals surface area contributed by atoms with Gasteiger partial charge in [-0.1, -0.05) is 6.08 Å². The van der Waals surface area contributed by atoms with E-state index in [2.05, 4.69) is 5.32 Å². The van der Waals surface area contributed by atoms with Gasteiger partial charge in [0.15, 0.2) is 0 Å². The van der Waals surface area contributed by atoms with E-state index < -0.39 is 36.1 Å². The number of carbonyl (C=O) groups excluding carboxylic acids is 1. The summed E-state index contributed by atoms with van der Waals surface area (Å²) < 4.78 is 10.9. The van der Waals surface area contributed by atoms with Crippen LogP contribution in [0.25, 0.3) is 0 Å². The van der Waals surface area contributed by atoms with Crippen LogP contribution in [0.2, 0.25) is 0 Å². The molecular weight excluding hydrogens is 262 g/mol. The first kappa shape index (κ1) is 16.9. The zero-order chi connectivity index (χ0) is 15.3. The van der Waals surface area contributed by atoms with E-state index in [9.17, 15) is 15.0 Å². The van der Waals surface area contributed by atoms with E-state index >= 15 is 0 Å². The molecule has 1 amide bonds. The summed E-state index contributed by atoms with van der Waals surface area (Å²) in [4.78, 5) is 11.2. The second-order valence-corrected chi connectivity index (χ2v) is 5.95. The summed E-state index contributed by atoms with van der Waals surface area (Å²) in [6, 6.07) is 0. The molecular formula is C14H25NO5. The van der Waals surface area contributed by atoms with Crippen LogP contribution in [0.1, 0.15) is 33.6 Å². The lowest BCUT2D eigenvalue weighted by molar-refractivity contribution is -0.129. The van der Waals surface area contributed by atoms with Crippen LogP contribution in [0.15, 0.2) is 12.2 Å². The second-order valence-electron chi connectivity index (χ2n) is 5.95. The lowest BCUT2D eigenvalue weighted by atomic mass is 9.96. The molecule has 6 nitrogen and oxygen atoms in total. The van der Waals surface area contributed by atoms with Crippen molar-refractivity contribution in [3.63, 3.8) is 0 Å². The molecule has 20 heavy (non-hydrogen) atoms. The Morgan fingerprint density at radius 3 is 2.45 bits per heavy atom. The van der Waals surface area contributed by atoms with Crippen molar-refractivity contribution in [3.8, 4) is 0 Å². The van der Waals surface area contributed by atoms with E-state index in [0.717, 1.165) is 0 Å². The fourth-order valence-corrected chi connectivity index (χ4v) is 2.06. The van der Waals surface area contributed by atoms with Crippen molar-refractivity contribution in [1.82, 2.24) is 5.32 Å². The standard InChI is InChI=1S/C14H25NO5/c1-14(2,3)20-12-7-9(16)5-6-10(8-11(12)17)19-13(18)15-4/h5-6,9-12,16-17H,7-8H2,1-4H3,(H,15,18)/b6-5+. The van der Waals surface area contributed by atoms with E-state index in [0.29, 0.717) is 6.42 Å². The topological polar surface area (TPSA) is 88.0 Å². The van der Waals surface area contributed by atoms with Gasteiger partial charge in [-0.15, -0.1) is 0 Å². The molecule has 1 aliphatic carbocycles. The van der Waals surface area contributed by atoms with Crippen LogP contribution < -0.4 is 5.32 Å². The number of aliphatic hydroxyl groups is 2. The van der Waals surface area contributed by atoms with E-state index in [1.54, 1.807) is 12.2 Å². The summed E-state index contributed by atoms with van der Waals surface area (Å²) in [6.07, 6.45) is 0.469. The molecule has 3 N–H and O–H groups in total. The highest BCUT2D eigenvalue weighted by Gasteiger charge is 2.31. The fourth-order valence-electron chi connectivity index (χ4n) is 2.06. The zero-order valence-electron chi connectivity index (χ0n) is 12.5. The van der Waals surface area contributed by atoms with Crippen LogP contribution in [0.3, 0.4) is 0 Å². The Bertz CT molecular complexity index is 350. The number of hydrogen-bond donors (Lipinski definition) is 3. The average molecular weight is 287 g/mol. The third-order valence-electron chi connectivity index (χ3n) is 2.89. The second kappa shape index (κ2) is 7.06. The van der Waals surface area contributed by atoms with Gasteiger partial charge >= 0.3 is 6.09 Å². The molecule has 0 aromatic rings. The van der Waals surface area contributed by atoms with E-state index in [4.69, 9.17) is 9.47 Å². The Labute approximate surface area is 119 Å². The molecule has 0 saturated carbocycles. The van der Waals surface area contributed by atoms with Gasteiger partial charge in [0, 0.05) is 19.9 Å². The minimum atomic E-state index is -0.816. The van der Waals surface area contributed by atoms with Crippen LogP contribution in [-0.4, -0.2) is 53.4 Å². The quantitative estimate of drug-likeness (QED) is 0.659. The van der Waals surface area contributed by atoms with Crippen molar-refractivity contribution in [1.29, 1.82) is 0 Å². The summed E-state index contributed by atoms with van der Waals surface area (Å²) >= 11 is 0. The maximum absolute atomic E-state index is 11.2. The van der Waals surface area contributed by atoms with Gasteiger partial charge in [0.05, 0.1) is 23.9 Å². The van der Waals surface area contributed by atoms with Crippen molar-refractivity contribution >= 4 is 6.09 Å². The smallest absolute Gasteiger partial charge is 0.407 e. The third kappa shape index (κ3) is 5.90. The molecule has 1 rings (SSSR count). The van der Waals surface area contributed by atoms with E-state index in [-0.39, 0.29) is 6.42 Å². The third-order valence-corrected chi connectivity index (χ3v) is 2.89. The van der Waals surface area contributed by atoms with Crippen molar-refractivity contribution in [3.05, 3.63) is 12.2 Å². The number of ether oxygens (including phenoxy) is 2. The molecule has 0 bridgehead atoms. The van der Waals surface area contributed by atoms with Gasteiger partial charge in [-0.3, -0.25) is 0 Å². The minimum Gasteiger partial charge on any atom is -0.442 e. The number of rotatable bonds is 2. The molecule has 1 aliphatic rings. The van der Waals surface area contributed by atoms with Crippen LogP contribution >= 0.6 is 0 Å². The number of nitrogens with one attached hydrogen (secondary N) is 1. The summed E-state index contributed by atoms with van der Waals surface area (Å²) in [7, 11) is 1.46. The molecule has 0 saturated heterocycles. The molecule has 4 atom stereocenters. The van der Waals surface area contributed by atoms with E-state index in [1.165, 1.54) is 7.05 Å². The maximum Gasteiger partial charge on any atom is 0.407 e. The van der Waals surface area contributed by atoms with Crippen molar-refractivity contribution < 1.29 is 24.5 Å². The lowest BCUT2D eigenvalue weighted by Crippen LogP contribution is -2.41.